The van der Waals surface area contributed by atoms with Crippen LogP contribution in [0.5, 0.6) is 0 Å². The second kappa shape index (κ2) is 9.38. The van der Waals surface area contributed by atoms with Crippen LogP contribution in [0.3, 0.4) is 0 Å². The number of ether oxygens (including phenoxy) is 1. The number of carbonyl (C=O) groups is 3. The van der Waals surface area contributed by atoms with Gasteiger partial charge in [-0.15, -0.1) is 0 Å². The predicted molar refractivity (Wildman–Crippen MR) is 101 cm³/mol. The highest BCUT2D eigenvalue weighted by atomic mass is 35.5. The molecule has 2 rings (SSSR count). The molecular weight excluding hydrogens is 374 g/mol. The molecule has 3 N–H and O–H groups in total. The Morgan fingerprint density at radius 3 is 2.70 bits per heavy atom. The topological polar surface area (TPSA) is 108 Å². The minimum absolute atomic E-state index is 0.0489. The van der Waals surface area contributed by atoms with E-state index in [0.717, 1.165) is 6.42 Å². The minimum Gasteiger partial charge on any atom is -0.466 e. The summed E-state index contributed by atoms with van der Waals surface area (Å²) in [5.74, 6) is -1.18. The summed E-state index contributed by atoms with van der Waals surface area (Å²) in [7, 11) is 1.23. The van der Waals surface area contributed by atoms with E-state index < -0.39 is 11.9 Å². The van der Waals surface area contributed by atoms with Gasteiger partial charge in [0.25, 0.3) is 5.91 Å². The summed E-state index contributed by atoms with van der Waals surface area (Å²) in [6.45, 7) is 1.84. The van der Waals surface area contributed by atoms with E-state index in [0.29, 0.717) is 22.8 Å². The summed E-state index contributed by atoms with van der Waals surface area (Å²) in [4.78, 5) is 37.5. The van der Waals surface area contributed by atoms with Gasteiger partial charge in [0.15, 0.2) is 0 Å². The molecule has 0 bridgehead atoms. The third kappa shape index (κ3) is 4.99. The number of nitrogens with zero attached hydrogens (tertiary/aromatic N) is 1. The number of hydrogen-bond acceptors (Lipinski definition) is 6. The highest BCUT2D eigenvalue weighted by Gasteiger charge is 2.34. The minimum atomic E-state index is -0.624. The van der Waals surface area contributed by atoms with E-state index in [2.05, 4.69) is 10.6 Å². The second-order valence-corrected chi connectivity index (χ2v) is 6.32. The summed E-state index contributed by atoms with van der Waals surface area (Å²) in [5.41, 5.74) is 1.19. The maximum atomic E-state index is 12.5. The van der Waals surface area contributed by atoms with E-state index in [-0.39, 0.29) is 36.9 Å². The van der Waals surface area contributed by atoms with Gasteiger partial charge >= 0.3 is 5.97 Å². The number of rotatable bonds is 8. The second-order valence-electron chi connectivity index (χ2n) is 5.91. The molecule has 0 spiro atoms. The smallest absolute Gasteiger partial charge is 0.337 e. The van der Waals surface area contributed by atoms with Crippen molar-refractivity contribution in [1.29, 1.82) is 0 Å². The van der Waals surface area contributed by atoms with Gasteiger partial charge in [0, 0.05) is 18.7 Å². The van der Waals surface area contributed by atoms with Gasteiger partial charge in [-0.1, -0.05) is 18.5 Å². The van der Waals surface area contributed by atoms with Crippen molar-refractivity contribution < 1.29 is 24.2 Å². The van der Waals surface area contributed by atoms with Crippen LogP contribution in [0.1, 0.15) is 19.8 Å². The van der Waals surface area contributed by atoms with E-state index in [1.54, 1.807) is 18.2 Å². The van der Waals surface area contributed by atoms with Crippen LogP contribution < -0.4 is 10.6 Å². The molecule has 1 aliphatic rings. The fourth-order valence-electron chi connectivity index (χ4n) is 2.63. The lowest BCUT2D eigenvalue weighted by Gasteiger charge is -2.15. The molecule has 0 aromatic heterocycles. The van der Waals surface area contributed by atoms with Crippen LogP contribution in [-0.4, -0.2) is 54.6 Å². The number of carbonyl (C=O) groups excluding carboxylic acids is 3. The van der Waals surface area contributed by atoms with Gasteiger partial charge in [-0.05, 0) is 24.6 Å². The number of anilines is 2. The Morgan fingerprint density at radius 1 is 1.37 bits per heavy atom. The zero-order valence-corrected chi connectivity index (χ0v) is 15.9. The Morgan fingerprint density at radius 2 is 2.11 bits per heavy atom. The molecule has 1 heterocycles. The zero-order valence-electron chi connectivity index (χ0n) is 15.2. The molecule has 1 aromatic rings. The molecule has 0 fully saturated rings. The summed E-state index contributed by atoms with van der Waals surface area (Å²) < 4.78 is 4.73. The van der Waals surface area contributed by atoms with Crippen LogP contribution in [0.4, 0.5) is 11.4 Å². The average Bonchev–Trinajstić information content (AvgIpc) is 2.93. The van der Waals surface area contributed by atoms with Crippen molar-refractivity contribution in [2.24, 2.45) is 0 Å². The summed E-state index contributed by atoms with van der Waals surface area (Å²) >= 11 is 6.21. The number of β-amino-alcohol motifs (C(OH)–C–C–N with tert-alkyl or cyclic N) is 1. The number of aliphatic hydroxyl groups is 1. The molecule has 1 aromatic carbocycles. The average molecular weight is 396 g/mol. The third-order valence-electron chi connectivity index (χ3n) is 3.94. The van der Waals surface area contributed by atoms with Crippen LogP contribution in [0.25, 0.3) is 0 Å². The molecule has 0 atom stereocenters. The first-order chi connectivity index (χ1) is 12.9. The van der Waals surface area contributed by atoms with Gasteiger partial charge < -0.3 is 25.4 Å². The van der Waals surface area contributed by atoms with Crippen LogP contribution in [0.15, 0.2) is 29.5 Å². The molecule has 27 heavy (non-hydrogen) atoms. The molecule has 9 heteroatoms. The lowest BCUT2D eigenvalue weighted by molar-refractivity contribution is -0.136. The molecule has 0 radical (unpaired) electrons. The van der Waals surface area contributed by atoms with Crippen LogP contribution in [0, 0.1) is 0 Å². The molecule has 146 valence electrons. The number of esters is 1. The number of nitrogens with one attached hydrogen (secondary N) is 2. The van der Waals surface area contributed by atoms with Crippen molar-refractivity contribution in [2.75, 3.05) is 37.4 Å². The van der Waals surface area contributed by atoms with Crippen molar-refractivity contribution in [3.63, 3.8) is 0 Å². The normalized spacial score (nSPS) is 13.8. The number of methoxy groups -OCH3 is 1. The third-order valence-corrected chi connectivity index (χ3v) is 4.26. The number of amides is 2. The lowest BCUT2D eigenvalue weighted by Crippen LogP contribution is -2.31. The Hall–Kier alpha value is -2.58. The molecule has 1 aliphatic heterocycles. The fraction of sp³-hybridized carbons (Fsp3) is 0.389. The summed E-state index contributed by atoms with van der Waals surface area (Å²) in [6, 6.07) is 4.80. The molecule has 8 nitrogen and oxygen atoms in total. The highest BCUT2D eigenvalue weighted by Crippen LogP contribution is 2.28. The maximum absolute atomic E-state index is 12.5. The lowest BCUT2D eigenvalue weighted by atomic mass is 10.2. The molecule has 0 aliphatic carbocycles. The van der Waals surface area contributed by atoms with E-state index in [4.69, 9.17) is 21.4 Å². The number of aliphatic hydroxyl groups excluding tert-OH is 1. The Kier molecular flexibility index (Phi) is 7.20. The Balaban J connectivity index is 2.22. The first-order valence-corrected chi connectivity index (χ1v) is 8.87. The van der Waals surface area contributed by atoms with E-state index in [1.807, 2.05) is 6.92 Å². The molecule has 0 saturated carbocycles. The summed E-state index contributed by atoms with van der Waals surface area (Å²) in [6.07, 6.45) is 1.11. The molecule has 0 unspecified atom stereocenters. The van der Waals surface area contributed by atoms with E-state index in [1.165, 1.54) is 12.0 Å². The van der Waals surface area contributed by atoms with E-state index >= 15 is 0 Å². The van der Waals surface area contributed by atoms with Gasteiger partial charge in [-0.25, -0.2) is 4.79 Å². The monoisotopic (exact) mass is 395 g/mol. The first-order valence-electron chi connectivity index (χ1n) is 8.49. The van der Waals surface area contributed by atoms with Crippen molar-refractivity contribution in [1.82, 2.24) is 4.90 Å². The number of halogens is 1. The quantitative estimate of drug-likeness (QED) is 0.579. The Bertz CT molecular complexity index is 778. The Labute approximate surface area is 162 Å². The fourth-order valence-corrected chi connectivity index (χ4v) is 2.86. The van der Waals surface area contributed by atoms with Crippen molar-refractivity contribution in [2.45, 2.75) is 19.8 Å². The zero-order chi connectivity index (χ0) is 20.0. The van der Waals surface area contributed by atoms with Crippen molar-refractivity contribution >= 4 is 40.8 Å². The van der Waals surface area contributed by atoms with Gasteiger partial charge in [0.05, 0.1) is 36.5 Å². The number of hydrogen-bond donors (Lipinski definition) is 3. The SMILES string of the molecule is CCCC(=O)Nc1ccc(NC2=C(C(=O)OC)CN(CCO)C2=O)cc1Cl. The van der Waals surface area contributed by atoms with Gasteiger partial charge in [0.2, 0.25) is 5.91 Å². The highest BCUT2D eigenvalue weighted by molar-refractivity contribution is 6.34. The van der Waals surface area contributed by atoms with Gasteiger partial charge in [0.1, 0.15) is 5.70 Å². The van der Waals surface area contributed by atoms with Crippen LogP contribution in [0.2, 0.25) is 5.02 Å². The standard InChI is InChI=1S/C18H22ClN3O5/c1-3-4-15(24)21-14-6-5-11(9-13(14)19)20-16-12(18(26)27-2)10-22(7-8-23)17(16)25/h5-6,9,20,23H,3-4,7-8,10H2,1-2H3,(H,21,24). The summed E-state index contributed by atoms with van der Waals surface area (Å²) in [5, 5.41) is 15.0. The molecule has 2 amide bonds. The van der Waals surface area contributed by atoms with Crippen molar-refractivity contribution in [3.8, 4) is 0 Å². The van der Waals surface area contributed by atoms with Crippen LogP contribution in [-0.2, 0) is 19.1 Å². The largest absolute Gasteiger partial charge is 0.466 e. The predicted octanol–water partition coefficient (Wildman–Crippen LogP) is 1.75. The molecule has 0 saturated heterocycles. The molecular formula is C18H22ClN3O5. The van der Waals surface area contributed by atoms with Gasteiger partial charge in [-0.2, -0.15) is 0 Å². The van der Waals surface area contributed by atoms with Crippen molar-refractivity contribution in [3.05, 3.63) is 34.5 Å². The number of benzene rings is 1. The van der Waals surface area contributed by atoms with E-state index in [9.17, 15) is 14.4 Å². The van der Waals surface area contributed by atoms with Crippen LogP contribution >= 0.6 is 11.6 Å². The first kappa shape index (κ1) is 20.7. The maximum Gasteiger partial charge on any atom is 0.337 e. The van der Waals surface area contributed by atoms with Gasteiger partial charge in [-0.3, -0.25) is 9.59 Å².